The second-order valence-electron chi connectivity index (χ2n) is 8.81. The van der Waals surface area contributed by atoms with E-state index in [0.717, 1.165) is 56.8 Å². The SMILES string of the molecule is COc1ccc(C2CCC(F)(F)CC2)c(N2CCC(COC3=CCCCO3)CC2)c1. The molecule has 166 valence electrons. The van der Waals surface area contributed by atoms with Gasteiger partial charge < -0.3 is 19.1 Å². The molecule has 0 unspecified atom stereocenters. The molecule has 2 fully saturated rings. The number of rotatable bonds is 6. The molecule has 4 nitrogen and oxygen atoms in total. The van der Waals surface area contributed by atoms with Gasteiger partial charge in [-0.25, -0.2) is 8.78 Å². The summed E-state index contributed by atoms with van der Waals surface area (Å²) < 4.78 is 44.2. The van der Waals surface area contributed by atoms with Gasteiger partial charge >= 0.3 is 0 Å². The Kier molecular flexibility index (Phi) is 6.69. The van der Waals surface area contributed by atoms with Gasteiger partial charge in [-0.15, -0.1) is 0 Å². The van der Waals surface area contributed by atoms with Crippen LogP contribution < -0.4 is 9.64 Å². The van der Waals surface area contributed by atoms with Crippen molar-refractivity contribution in [2.75, 3.05) is 38.3 Å². The van der Waals surface area contributed by atoms with Crippen LogP contribution in [0.2, 0.25) is 0 Å². The fourth-order valence-corrected chi connectivity index (χ4v) is 4.80. The van der Waals surface area contributed by atoms with Crippen LogP contribution >= 0.6 is 0 Å². The van der Waals surface area contributed by atoms with Gasteiger partial charge in [0.15, 0.2) is 0 Å². The number of hydrogen-bond acceptors (Lipinski definition) is 4. The number of methoxy groups -OCH3 is 1. The number of hydrogen-bond donors (Lipinski definition) is 0. The molecule has 0 N–H and O–H groups in total. The minimum Gasteiger partial charge on any atom is -0.497 e. The van der Waals surface area contributed by atoms with E-state index in [1.165, 1.54) is 5.56 Å². The smallest absolute Gasteiger partial charge is 0.274 e. The fourth-order valence-electron chi connectivity index (χ4n) is 4.80. The molecule has 6 heteroatoms. The van der Waals surface area contributed by atoms with Crippen molar-refractivity contribution >= 4 is 5.69 Å². The summed E-state index contributed by atoms with van der Waals surface area (Å²) in [5, 5.41) is 0. The average Bonchev–Trinajstić information content (AvgIpc) is 2.78. The number of benzene rings is 1. The highest BCUT2D eigenvalue weighted by Crippen LogP contribution is 2.44. The van der Waals surface area contributed by atoms with Crippen LogP contribution in [0.1, 0.15) is 62.8 Å². The van der Waals surface area contributed by atoms with E-state index in [1.54, 1.807) is 7.11 Å². The number of alkyl halides is 2. The summed E-state index contributed by atoms with van der Waals surface area (Å²) in [5.41, 5.74) is 2.35. The van der Waals surface area contributed by atoms with Gasteiger partial charge in [0, 0.05) is 37.7 Å². The molecule has 1 saturated carbocycles. The third-order valence-electron chi connectivity index (χ3n) is 6.71. The second-order valence-corrected chi connectivity index (χ2v) is 8.81. The molecule has 2 aliphatic heterocycles. The van der Waals surface area contributed by atoms with Crippen molar-refractivity contribution in [2.24, 2.45) is 5.92 Å². The Morgan fingerprint density at radius 3 is 2.57 bits per heavy atom. The molecular weight excluding hydrogens is 388 g/mol. The Balaban J connectivity index is 1.39. The highest BCUT2D eigenvalue weighted by molar-refractivity contribution is 5.59. The number of nitrogens with zero attached hydrogens (tertiary/aromatic N) is 1. The maximum absolute atomic E-state index is 13.7. The van der Waals surface area contributed by atoms with Crippen LogP contribution in [-0.4, -0.2) is 39.3 Å². The maximum Gasteiger partial charge on any atom is 0.274 e. The number of allylic oxidation sites excluding steroid dienone is 1. The predicted molar refractivity (Wildman–Crippen MR) is 113 cm³/mol. The van der Waals surface area contributed by atoms with Crippen molar-refractivity contribution in [1.29, 1.82) is 0 Å². The average molecular weight is 422 g/mol. The fraction of sp³-hybridized carbons (Fsp3) is 0.667. The molecule has 0 atom stereocenters. The van der Waals surface area contributed by atoms with Crippen molar-refractivity contribution in [1.82, 2.24) is 0 Å². The van der Waals surface area contributed by atoms with Crippen molar-refractivity contribution in [3.63, 3.8) is 0 Å². The largest absolute Gasteiger partial charge is 0.497 e. The first-order chi connectivity index (χ1) is 14.5. The minimum atomic E-state index is -2.50. The second kappa shape index (κ2) is 9.44. The molecule has 3 aliphatic rings. The van der Waals surface area contributed by atoms with Crippen LogP contribution in [0, 0.1) is 5.92 Å². The first kappa shape index (κ1) is 21.3. The summed E-state index contributed by atoms with van der Waals surface area (Å²) in [6.07, 6.45) is 7.29. The summed E-state index contributed by atoms with van der Waals surface area (Å²) in [5.74, 6) is -0.287. The monoisotopic (exact) mass is 421 g/mol. The van der Waals surface area contributed by atoms with Crippen LogP contribution in [0.25, 0.3) is 0 Å². The summed E-state index contributed by atoms with van der Waals surface area (Å²) in [7, 11) is 1.67. The summed E-state index contributed by atoms with van der Waals surface area (Å²) in [4.78, 5) is 2.40. The predicted octanol–water partition coefficient (Wildman–Crippen LogP) is 5.87. The maximum atomic E-state index is 13.7. The van der Waals surface area contributed by atoms with Gasteiger partial charge in [-0.3, -0.25) is 0 Å². The lowest BCUT2D eigenvalue weighted by Crippen LogP contribution is -2.36. The third-order valence-corrected chi connectivity index (χ3v) is 6.71. The Bertz CT molecular complexity index is 734. The topological polar surface area (TPSA) is 30.9 Å². The zero-order chi connectivity index (χ0) is 21.0. The van der Waals surface area contributed by atoms with Gasteiger partial charge in [0.05, 0.1) is 20.3 Å². The van der Waals surface area contributed by atoms with E-state index in [9.17, 15) is 8.78 Å². The van der Waals surface area contributed by atoms with Crippen molar-refractivity contribution in [3.05, 3.63) is 35.8 Å². The number of ether oxygens (including phenoxy) is 3. The molecule has 30 heavy (non-hydrogen) atoms. The van der Waals surface area contributed by atoms with E-state index in [4.69, 9.17) is 14.2 Å². The molecule has 1 aliphatic carbocycles. The van der Waals surface area contributed by atoms with Gasteiger partial charge in [-0.05, 0) is 68.1 Å². The highest BCUT2D eigenvalue weighted by Gasteiger charge is 2.36. The molecule has 0 radical (unpaired) electrons. The normalized spacial score (nSPS) is 22.9. The molecule has 4 rings (SSSR count). The zero-order valence-electron chi connectivity index (χ0n) is 17.9. The molecule has 0 bridgehead atoms. The van der Waals surface area contributed by atoms with E-state index in [-0.39, 0.29) is 18.8 Å². The van der Waals surface area contributed by atoms with Crippen molar-refractivity contribution in [3.8, 4) is 5.75 Å². The van der Waals surface area contributed by atoms with Gasteiger partial charge in [0.25, 0.3) is 5.95 Å². The number of anilines is 1. The Hall–Kier alpha value is -1.98. The molecule has 0 aromatic heterocycles. The third kappa shape index (κ3) is 5.19. The summed E-state index contributed by atoms with van der Waals surface area (Å²) >= 11 is 0. The molecule has 1 aromatic carbocycles. The van der Waals surface area contributed by atoms with E-state index in [0.29, 0.717) is 31.3 Å². The Labute approximate surface area is 178 Å². The van der Waals surface area contributed by atoms with E-state index >= 15 is 0 Å². The van der Waals surface area contributed by atoms with Crippen LogP contribution in [0.3, 0.4) is 0 Å². The standard InChI is InChI=1S/C24H33F2NO3/c1-28-20-5-6-21(19-7-11-24(25,26)12-8-19)22(16-20)27-13-9-18(10-14-27)17-30-23-4-2-3-15-29-23/h4-6,16,18-19H,2-3,7-15,17H2,1H3. The number of piperidine rings is 1. The van der Waals surface area contributed by atoms with E-state index in [1.807, 2.05) is 12.1 Å². The van der Waals surface area contributed by atoms with Crippen LogP contribution in [-0.2, 0) is 9.47 Å². The lowest BCUT2D eigenvalue weighted by Gasteiger charge is -2.37. The quantitative estimate of drug-likeness (QED) is 0.575. The van der Waals surface area contributed by atoms with Crippen LogP contribution in [0.5, 0.6) is 5.75 Å². The van der Waals surface area contributed by atoms with Gasteiger partial charge in [0.2, 0.25) is 5.92 Å². The molecule has 2 heterocycles. The number of halogens is 2. The lowest BCUT2D eigenvalue weighted by molar-refractivity contribution is -0.0382. The van der Waals surface area contributed by atoms with Gasteiger partial charge in [-0.1, -0.05) is 6.07 Å². The minimum absolute atomic E-state index is 0.0134. The summed E-state index contributed by atoms with van der Waals surface area (Å²) in [6, 6.07) is 6.13. The summed E-state index contributed by atoms with van der Waals surface area (Å²) in [6.45, 7) is 3.33. The van der Waals surface area contributed by atoms with Gasteiger partial charge in [-0.2, -0.15) is 0 Å². The first-order valence-corrected chi connectivity index (χ1v) is 11.3. The van der Waals surface area contributed by atoms with Crippen LogP contribution in [0.4, 0.5) is 14.5 Å². The zero-order valence-corrected chi connectivity index (χ0v) is 17.9. The first-order valence-electron chi connectivity index (χ1n) is 11.3. The Morgan fingerprint density at radius 1 is 1.13 bits per heavy atom. The highest BCUT2D eigenvalue weighted by atomic mass is 19.3. The van der Waals surface area contributed by atoms with Crippen molar-refractivity contribution < 1.29 is 23.0 Å². The van der Waals surface area contributed by atoms with E-state index in [2.05, 4.69) is 17.0 Å². The molecule has 0 amide bonds. The molecule has 1 saturated heterocycles. The molecule has 1 aromatic rings. The lowest BCUT2D eigenvalue weighted by atomic mass is 9.81. The van der Waals surface area contributed by atoms with Crippen LogP contribution in [0.15, 0.2) is 30.2 Å². The molecular formula is C24H33F2NO3. The van der Waals surface area contributed by atoms with Gasteiger partial charge in [0.1, 0.15) is 5.75 Å². The molecule has 0 spiro atoms. The van der Waals surface area contributed by atoms with Crippen molar-refractivity contribution in [2.45, 2.75) is 63.2 Å². The Morgan fingerprint density at radius 2 is 1.90 bits per heavy atom. The van der Waals surface area contributed by atoms with E-state index < -0.39 is 5.92 Å².